The summed E-state index contributed by atoms with van der Waals surface area (Å²) in [6, 6.07) is 0.424. The highest BCUT2D eigenvalue weighted by molar-refractivity contribution is 4.73. The van der Waals surface area contributed by atoms with Crippen molar-refractivity contribution in [3.8, 4) is 0 Å². The van der Waals surface area contributed by atoms with E-state index in [1.807, 2.05) is 0 Å². The molecule has 0 saturated carbocycles. The van der Waals surface area contributed by atoms with Crippen LogP contribution in [-0.4, -0.2) is 50.0 Å². The summed E-state index contributed by atoms with van der Waals surface area (Å²) in [5, 5.41) is 0. The maximum Gasteiger partial charge on any atom is 0.0651 e. The fraction of sp³-hybridized carbons (Fsp3) is 1.00. The second-order valence-corrected chi connectivity index (χ2v) is 4.63. The largest absolute Gasteiger partial charge is 0.378 e. The topological polar surface area (TPSA) is 21.7 Å². The molecule has 1 rings (SSSR count). The van der Waals surface area contributed by atoms with Gasteiger partial charge in [0, 0.05) is 6.54 Å². The summed E-state index contributed by atoms with van der Waals surface area (Å²) in [7, 11) is 2.12. The Hall–Kier alpha value is -0.120. The molecule has 1 heterocycles. The van der Waals surface area contributed by atoms with Crippen molar-refractivity contribution >= 4 is 0 Å². The first-order valence-electron chi connectivity index (χ1n) is 4.91. The third kappa shape index (κ3) is 4.07. The summed E-state index contributed by atoms with van der Waals surface area (Å²) in [5.74, 6) is 0. The lowest BCUT2D eigenvalue weighted by atomic mass is 10.2. The molecular formula is C10H21NO2. The summed E-state index contributed by atoms with van der Waals surface area (Å²) in [6.45, 7) is 9.66. The molecule has 0 aromatic carbocycles. The van der Waals surface area contributed by atoms with E-state index in [1.54, 1.807) is 0 Å². The summed E-state index contributed by atoms with van der Waals surface area (Å²) in [5.41, 5.74) is -0.0434. The third-order valence-electron chi connectivity index (χ3n) is 2.23. The Labute approximate surface area is 81.0 Å². The molecule has 3 nitrogen and oxygen atoms in total. The Morgan fingerprint density at radius 3 is 2.69 bits per heavy atom. The highest BCUT2D eigenvalue weighted by Gasteiger charge is 2.21. The van der Waals surface area contributed by atoms with Crippen LogP contribution < -0.4 is 0 Å². The third-order valence-corrected chi connectivity index (χ3v) is 2.23. The van der Waals surface area contributed by atoms with E-state index in [-0.39, 0.29) is 5.60 Å². The first-order chi connectivity index (χ1) is 5.99. The molecular weight excluding hydrogens is 166 g/mol. The van der Waals surface area contributed by atoms with E-state index in [0.29, 0.717) is 6.04 Å². The van der Waals surface area contributed by atoms with Crippen molar-refractivity contribution in [3.05, 3.63) is 0 Å². The quantitative estimate of drug-likeness (QED) is 0.647. The number of ether oxygens (including phenoxy) is 2. The Kier molecular flexibility index (Phi) is 3.71. The summed E-state index contributed by atoms with van der Waals surface area (Å²) < 4.78 is 11.1. The summed E-state index contributed by atoms with van der Waals surface area (Å²) in [6.07, 6.45) is 0. The van der Waals surface area contributed by atoms with E-state index in [1.165, 1.54) is 0 Å². The van der Waals surface area contributed by atoms with Gasteiger partial charge >= 0.3 is 0 Å². The van der Waals surface area contributed by atoms with Gasteiger partial charge < -0.3 is 9.47 Å². The van der Waals surface area contributed by atoms with E-state index in [2.05, 4.69) is 32.7 Å². The van der Waals surface area contributed by atoms with Crippen LogP contribution in [0.25, 0.3) is 0 Å². The summed E-state index contributed by atoms with van der Waals surface area (Å²) >= 11 is 0. The minimum Gasteiger partial charge on any atom is -0.378 e. The number of nitrogens with zero attached hydrogens (tertiary/aromatic N) is 1. The molecule has 0 N–H and O–H groups in total. The van der Waals surface area contributed by atoms with E-state index >= 15 is 0 Å². The smallest absolute Gasteiger partial charge is 0.0651 e. The van der Waals surface area contributed by atoms with Crippen molar-refractivity contribution < 1.29 is 9.47 Å². The van der Waals surface area contributed by atoms with Gasteiger partial charge in [-0.3, -0.25) is 4.90 Å². The molecule has 0 aromatic heterocycles. The zero-order chi connectivity index (χ0) is 9.90. The number of morpholine rings is 1. The van der Waals surface area contributed by atoms with Gasteiger partial charge in [0.1, 0.15) is 0 Å². The Morgan fingerprint density at radius 1 is 1.46 bits per heavy atom. The van der Waals surface area contributed by atoms with Crippen molar-refractivity contribution in [2.45, 2.75) is 32.4 Å². The van der Waals surface area contributed by atoms with E-state index in [4.69, 9.17) is 9.47 Å². The van der Waals surface area contributed by atoms with Crippen LogP contribution in [0.1, 0.15) is 20.8 Å². The first kappa shape index (κ1) is 11.0. The average Bonchev–Trinajstić information content (AvgIpc) is 2.01. The van der Waals surface area contributed by atoms with Gasteiger partial charge in [0.2, 0.25) is 0 Å². The van der Waals surface area contributed by atoms with Crippen LogP contribution >= 0.6 is 0 Å². The van der Waals surface area contributed by atoms with Crippen molar-refractivity contribution in [2.24, 2.45) is 0 Å². The van der Waals surface area contributed by atoms with E-state index < -0.39 is 0 Å². The second kappa shape index (κ2) is 4.40. The monoisotopic (exact) mass is 187 g/mol. The molecule has 1 fully saturated rings. The minimum absolute atomic E-state index is 0.0434. The Balaban J connectivity index is 2.27. The molecule has 78 valence electrons. The molecule has 1 saturated heterocycles. The lowest BCUT2D eigenvalue weighted by Crippen LogP contribution is -2.46. The predicted molar refractivity (Wildman–Crippen MR) is 52.9 cm³/mol. The Morgan fingerprint density at radius 2 is 2.15 bits per heavy atom. The second-order valence-electron chi connectivity index (χ2n) is 4.63. The van der Waals surface area contributed by atoms with Gasteiger partial charge in [0.05, 0.1) is 31.5 Å². The molecule has 0 aromatic rings. The van der Waals surface area contributed by atoms with Gasteiger partial charge in [0.15, 0.2) is 0 Å². The molecule has 1 aliphatic rings. The zero-order valence-electron chi connectivity index (χ0n) is 9.17. The van der Waals surface area contributed by atoms with Gasteiger partial charge in [-0.15, -0.1) is 0 Å². The standard InChI is InChI=1S/C10H21NO2/c1-10(2,3)13-8-9-7-12-6-5-11(9)4/h9H,5-8H2,1-4H3/t9-/m0/s1. The number of hydrogen-bond donors (Lipinski definition) is 0. The number of likely N-dealkylation sites (N-methyl/N-ethyl adjacent to an activating group) is 1. The van der Waals surface area contributed by atoms with Gasteiger partial charge in [-0.1, -0.05) is 0 Å². The Bertz CT molecular complexity index is 153. The number of hydrogen-bond acceptors (Lipinski definition) is 3. The van der Waals surface area contributed by atoms with Crippen molar-refractivity contribution in [2.75, 3.05) is 33.4 Å². The molecule has 0 unspecified atom stereocenters. The molecule has 3 heteroatoms. The van der Waals surface area contributed by atoms with Crippen LogP contribution in [0.3, 0.4) is 0 Å². The molecule has 0 amide bonds. The minimum atomic E-state index is -0.0434. The van der Waals surface area contributed by atoms with Crippen LogP contribution in [0.2, 0.25) is 0 Å². The molecule has 0 radical (unpaired) electrons. The molecule has 1 atom stereocenters. The maximum absolute atomic E-state index is 5.72. The van der Waals surface area contributed by atoms with Gasteiger partial charge in [-0.05, 0) is 27.8 Å². The average molecular weight is 187 g/mol. The van der Waals surface area contributed by atoms with Crippen molar-refractivity contribution in [1.82, 2.24) is 4.90 Å². The molecule has 0 aliphatic carbocycles. The van der Waals surface area contributed by atoms with E-state index in [9.17, 15) is 0 Å². The lowest BCUT2D eigenvalue weighted by molar-refractivity contribution is -0.0729. The molecule has 0 spiro atoms. The summed E-state index contributed by atoms with van der Waals surface area (Å²) in [4.78, 5) is 2.30. The number of rotatable bonds is 2. The SMILES string of the molecule is CN1CCOC[C@H]1COC(C)(C)C. The lowest BCUT2D eigenvalue weighted by Gasteiger charge is -2.34. The van der Waals surface area contributed by atoms with Crippen LogP contribution in [0.4, 0.5) is 0 Å². The predicted octanol–water partition coefficient (Wildman–Crippen LogP) is 1.13. The molecule has 1 aliphatic heterocycles. The van der Waals surface area contributed by atoms with Gasteiger partial charge in [-0.2, -0.15) is 0 Å². The molecule has 0 bridgehead atoms. The van der Waals surface area contributed by atoms with Crippen LogP contribution in [0.15, 0.2) is 0 Å². The normalized spacial score (nSPS) is 26.3. The fourth-order valence-electron chi connectivity index (χ4n) is 1.26. The fourth-order valence-corrected chi connectivity index (χ4v) is 1.26. The van der Waals surface area contributed by atoms with E-state index in [0.717, 1.165) is 26.4 Å². The highest BCUT2D eigenvalue weighted by atomic mass is 16.5. The van der Waals surface area contributed by atoms with Crippen LogP contribution in [0.5, 0.6) is 0 Å². The van der Waals surface area contributed by atoms with Crippen LogP contribution in [-0.2, 0) is 9.47 Å². The maximum atomic E-state index is 5.72. The van der Waals surface area contributed by atoms with Crippen molar-refractivity contribution in [1.29, 1.82) is 0 Å². The van der Waals surface area contributed by atoms with Crippen molar-refractivity contribution in [3.63, 3.8) is 0 Å². The molecule has 13 heavy (non-hydrogen) atoms. The highest BCUT2D eigenvalue weighted by Crippen LogP contribution is 2.11. The van der Waals surface area contributed by atoms with Crippen LogP contribution in [0, 0.1) is 0 Å². The zero-order valence-corrected chi connectivity index (χ0v) is 9.17. The van der Waals surface area contributed by atoms with Gasteiger partial charge in [0.25, 0.3) is 0 Å². The first-order valence-corrected chi connectivity index (χ1v) is 4.91. The van der Waals surface area contributed by atoms with Gasteiger partial charge in [-0.25, -0.2) is 0 Å².